The lowest BCUT2D eigenvalue weighted by atomic mass is 10.1. The Morgan fingerprint density at radius 2 is 2.05 bits per heavy atom. The predicted octanol–water partition coefficient (Wildman–Crippen LogP) is 3.95. The van der Waals surface area contributed by atoms with Crippen LogP contribution in [0.15, 0.2) is 23.6 Å². The second-order valence-corrected chi connectivity index (χ2v) is 5.77. The third-order valence-electron chi connectivity index (χ3n) is 2.78. The minimum absolute atomic E-state index is 0.00928. The van der Waals surface area contributed by atoms with E-state index in [0.29, 0.717) is 10.4 Å². The molecule has 0 saturated carbocycles. The normalized spacial score (nSPS) is 12.2. The van der Waals surface area contributed by atoms with Gasteiger partial charge in [0.05, 0.1) is 15.6 Å². The summed E-state index contributed by atoms with van der Waals surface area (Å²) in [6.07, 6.45) is 0. The van der Waals surface area contributed by atoms with Crippen LogP contribution in [-0.4, -0.2) is 5.91 Å². The molecule has 0 aliphatic rings. The molecule has 1 aromatic heterocycles. The van der Waals surface area contributed by atoms with Crippen LogP contribution >= 0.6 is 22.9 Å². The molecule has 1 heterocycles. The molecular weight excluding hydrogens is 306 g/mol. The zero-order valence-electron chi connectivity index (χ0n) is 10.4. The van der Waals surface area contributed by atoms with E-state index in [2.05, 4.69) is 5.32 Å². The van der Waals surface area contributed by atoms with Crippen LogP contribution in [0.1, 0.15) is 28.9 Å². The van der Waals surface area contributed by atoms with E-state index in [1.54, 1.807) is 13.0 Å². The van der Waals surface area contributed by atoms with Crippen molar-refractivity contribution in [1.29, 1.82) is 0 Å². The number of carbonyl (C=O) groups is 1. The molecule has 3 N–H and O–H groups in total. The van der Waals surface area contributed by atoms with Crippen LogP contribution < -0.4 is 11.1 Å². The molecule has 0 aliphatic carbocycles. The Bertz CT molecular complexity index is 660. The first-order chi connectivity index (χ1) is 9.38. The van der Waals surface area contributed by atoms with Crippen molar-refractivity contribution in [3.05, 3.63) is 50.7 Å². The number of anilines is 1. The average Bonchev–Trinajstić information content (AvgIpc) is 2.79. The number of hydrogen-bond donors (Lipinski definition) is 2. The number of nitrogens with two attached hydrogens (primary N) is 1. The van der Waals surface area contributed by atoms with Gasteiger partial charge in [0.1, 0.15) is 11.6 Å². The Hall–Kier alpha value is -1.66. The van der Waals surface area contributed by atoms with Gasteiger partial charge in [0.25, 0.3) is 5.91 Å². The summed E-state index contributed by atoms with van der Waals surface area (Å²) < 4.78 is 27.7. The number of primary amides is 1. The number of halogens is 3. The van der Waals surface area contributed by atoms with Gasteiger partial charge < -0.3 is 11.1 Å². The maximum absolute atomic E-state index is 13.7. The molecule has 1 aromatic carbocycles. The Morgan fingerprint density at radius 3 is 2.60 bits per heavy atom. The summed E-state index contributed by atoms with van der Waals surface area (Å²) >= 11 is 7.19. The molecule has 0 fully saturated rings. The fourth-order valence-electron chi connectivity index (χ4n) is 1.72. The highest BCUT2D eigenvalue weighted by Crippen LogP contribution is 2.28. The van der Waals surface area contributed by atoms with Crippen LogP contribution in [0.2, 0.25) is 4.34 Å². The van der Waals surface area contributed by atoms with E-state index in [9.17, 15) is 13.6 Å². The smallest absolute Gasteiger partial charge is 0.251 e. The van der Waals surface area contributed by atoms with E-state index in [1.807, 2.05) is 5.38 Å². The zero-order chi connectivity index (χ0) is 14.9. The summed E-state index contributed by atoms with van der Waals surface area (Å²) in [5.74, 6) is -2.72. The van der Waals surface area contributed by atoms with Crippen LogP contribution in [-0.2, 0) is 0 Å². The highest BCUT2D eigenvalue weighted by Gasteiger charge is 2.16. The van der Waals surface area contributed by atoms with E-state index in [4.69, 9.17) is 17.3 Å². The minimum atomic E-state index is -0.980. The maximum atomic E-state index is 13.7. The molecule has 1 atom stereocenters. The summed E-state index contributed by atoms with van der Waals surface area (Å²) in [4.78, 5) is 11.1. The van der Waals surface area contributed by atoms with Gasteiger partial charge in [-0.3, -0.25) is 4.79 Å². The Kier molecular flexibility index (Phi) is 4.25. The molecule has 0 spiro atoms. The monoisotopic (exact) mass is 316 g/mol. The summed E-state index contributed by atoms with van der Waals surface area (Å²) in [6.45, 7) is 1.80. The molecule has 0 aliphatic heterocycles. The number of amides is 1. The van der Waals surface area contributed by atoms with E-state index < -0.39 is 17.5 Å². The largest absolute Gasteiger partial charge is 0.376 e. The van der Waals surface area contributed by atoms with Gasteiger partial charge in [0.15, 0.2) is 0 Å². The van der Waals surface area contributed by atoms with Crippen molar-refractivity contribution >= 4 is 34.5 Å². The van der Waals surface area contributed by atoms with Crippen molar-refractivity contribution in [1.82, 2.24) is 0 Å². The van der Waals surface area contributed by atoms with Crippen LogP contribution in [0.4, 0.5) is 14.5 Å². The topological polar surface area (TPSA) is 55.1 Å². The van der Waals surface area contributed by atoms with E-state index >= 15 is 0 Å². The lowest BCUT2D eigenvalue weighted by Gasteiger charge is -2.15. The number of carbonyl (C=O) groups excluding carboxylic acids is 1. The van der Waals surface area contributed by atoms with Crippen molar-refractivity contribution in [2.45, 2.75) is 13.0 Å². The van der Waals surface area contributed by atoms with Crippen LogP contribution in [0.25, 0.3) is 0 Å². The molecule has 0 saturated heterocycles. The average molecular weight is 317 g/mol. The molecule has 3 nitrogen and oxygen atoms in total. The zero-order valence-corrected chi connectivity index (χ0v) is 12.0. The van der Waals surface area contributed by atoms with Gasteiger partial charge in [0.2, 0.25) is 0 Å². The van der Waals surface area contributed by atoms with Gasteiger partial charge in [-0.15, -0.1) is 11.3 Å². The summed E-state index contributed by atoms with van der Waals surface area (Å²) in [6, 6.07) is 3.20. The second-order valence-electron chi connectivity index (χ2n) is 4.23. The molecular formula is C13H11ClF2N2OS. The minimum Gasteiger partial charge on any atom is -0.376 e. The van der Waals surface area contributed by atoms with Gasteiger partial charge in [-0.1, -0.05) is 11.6 Å². The van der Waals surface area contributed by atoms with E-state index in [0.717, 1.165) is 11.6 Å². The first kappa shape index (κ1) is 14.7. The van der Waals surface area contributed by atoms with Crippen molar-refractivity contribution < 1.29 is 13.6 Å². The van der Waals surface area contributed by atoms with E-state index in [-0.39, 0.29) is 17.3 Å². The highest BCUT2D eigenvalue weighted by atomic mass is 35.5. The molecule has 1 unspecified atom stereocenters. The Balaban J connectivity index is 2.29. The molecule has 106 valence electrons. The second kappa shape index (κ2) is 5.76. The van der Waals surface area contributed by atoms with Gasteiger partial charge >= 0.3 is 0 Å². The Labute approximate surface area is 123 Å². The number of rotatable bonds is 4. The van der Waals surface area contributed by atoms with Crippen molar-refractivity contribution in [2.24, 2.45) is 5.73 Å². The molecule has 2 rings (SSSR count). The van der Waals surface area contributed by atoms with Crippen molar-refractivity contribution in [3.63, 3.8) is 0 Å². The summed E-state index contributed by atoms with van der Waals surface area (Å²) in [7, 11) is 0. The van der Waals surface area contributed by atoms with Crippen LogP contribution in [0.3, 0.4) is 0 Å². The third kappa shape index (κ3) is 3.08. The van der Waals surface area contributed by atoms with Crippen molar-refractivity contribution in [2.75, 3.05) is 5.32 Å². The molecule has 20 heavy (non-hydrogen) atoms. The van der Waals surface area contributed by atoms with Gasteiger partial charge in [-0.05, 0) is 30.0 Å². The number of nitrogens with one attached hydrogen (secondary N) is 1. The van der Waals surface area contributed by atoms with Crippen molar-refractivity contribution in [3.8, 4) is 0 Å². The molecule has 7 heteroatoms. The number of benzene rings is 1. The SMILES string of the molecule is CC(Nc1cc(C(N)=O)c(F)cc1F)c1csc(Cl)c1. The third-order valence-corrected chi connectivity index (χ3v) is 3.89. The van der Waals surface area contributed by atoms with Crippen LogP contribution in [0.5, 0.6) is 0 Å². The summed E-state index contributed by atoms with van der Waals surface area (Å²) in [5.41, 5.74) is 5.55. The first-order valence-corrected chi connectivity index (χ1v) is 6.93. The van der Waals surface area contributed by atoms with Gasteiger partial charge in [-0.2, -0.15) is 0 Å². The van der Waals surface area contributed by atoms with Gasteiger partial charge in [-0.25, -0.2) is 8.78 Å². The number of hydrogen-bond acceptors (Lipinski definition) is 3. The Morgan fingerprint density at radius 1 is 1.35 bits per heavy atom. The fraction of sp³-hybridized carbons (Fsp3) is 0.154. The highest BCUT2D eigenvalue weighted by molar-refractivity contribution is 7.14. The predicted molar refractivity (Wildman–Crippen MR) is 76.2 cm³/mol. The fourth-order valence-corrected chi connectivity index (χ4v) is 2.70. The molecule has 2 aromatic rings. The lowest BCUT2D eigenvalue weighted by Crippen LogP contribution is -2.15. The molecule has 0 bridgehead atoms. The molecule has 0 radical (unpaired) electrons. The standard InChI is InChI=1S/C13H11ClF2N2OS/c1-6(7-2-12(14)20-5-7)18-11-3-8(13(17)19)9(15)4-10(11)16/h2-6,18H,1H3,(H2,17,19). The summed E-state index contributed by atoms with van der Waals surface area (Å²) in [5, 5.41) is 4.69. The van der Waals surface area contributed by atoms with Crippen LogP contribution in [0, 0.1) is 11.6 Å². The number of thiophene rings is 1. The maximum Gasteiger partial charge on any atom is 0.251 e. The lowest BCUT2D eigenvalue weighted by molar-refractivity contribution is 0.0996. The van der Waals surface area contributed by atoms with Gasteiger partial charge in [0, 0.05) is 12.1 Å². The first-order valence-electron chi connectivity index (χ1n) is 5.67. The quantitative estimate of drug-likeness (QED) is 0.897. The molecule has 1 amide bonds. The van der Waals surface area contributed by atoms with E-state index in [1.165, 1.54) is 11.3 Å².